The highest BCUT2D eigenvalue weighted by molar-refractivity contribution is 5.62. The van der Waals surface area contributed by atoms with Crippen molar-refractivity contribution in [2.24, 2.45) is 0 Å². The monoisotopic (exact) mass is 384 g/mol. The van der Waals surface area contributed by atoms with E-state index in [1.54, 1.807) is 4.90 Å². The first-order chi connectivity index (χ1) is 13.5. The molecule has 0 aliphatic heterocycles. The molecule has 9 nitrogen and oxygen atoms in total. The fourth-order valence-electron chi connectivity index (χ4n) is 3.00. The standard InChI is InChI=1S/C19H24N6O3/c1-3-8-14-21-15(28-23-14)12-24(4-2)16-17(20)25(19(27)22-18(16)26)11-13-9-6-5-7-10-13/h5-7,9-10H,3-4,8,11-12,20H2,1-2H3,(H,22,26,27). The molecule has 2 heterocycles. The van der Waals surface area contributed by atoms with E-state index in [1.165, 1.54) is 4.57 Å². The molecule has 28 heavy (non-hydrogen) atoms. The highest BCUT2D eigenvalue weighted by atomic mass is 16.5. The average molecular weight is 384 g/mol. The van der Waals surface area contributed by atoms with Gasteiger partial charge in [0, 0.05) is 13.0 Å². The van der Waals surface area contributed by atoms with Crippen molar-refractivity contribution in [1.29, 1.82) is 0 Å². The van der Waals surface area contributed by atoms with Crippen LogP contribution in [0.1, 0.15) is 37.5 Å². The zero-order valence-corrected chi connectivity index (χ0v) is 16.0. The van der Waals surface area contributed by atoms with E-state index in [0.717, 1.165) is 18.4 Å². The Labute approximate surface area is 161 Å². The molecule has 0 unspecified atom stereocenters. The number of anilines is 2. The fraction of sp³-hybridized carbons (Fsp3) is 0.368. The quantitative estimate of drug-likeness (QED) is 0.604. The van der Waals surface area contributed by atoms with Gasteiger partial charge in [-0.2, -0.15) is 4.98 Å². The molecule has 3 aromatic rings. The van der Waals surface area contributed by atoms with Gasteiger partial charge in [-0.25, -0.2) is 4.79 Å². The topological polar surface area (TPSA) is 123 Å². The van der Waals surface area contributed by atoms with E-state index in [0.29, 0.717) is 18.3 Å². The van der Waals surface area contributed by atoms with Gasteiger partial charge in [-0.15, -0.1) is 0 Å². The van der Waals surface area contributed by atoms with Gasteiger partial charge in [0.05, 0.1) is 13.1 Å². The van der Waals surface area contributed by atoms with Crippen LogP contribution < -0.4 is 21.9 Å². The van der Waals surface area contributed by atoms with E-state index in [1.807, 2.05) is 44.2 Å². The Morgan fingerprint density at radius 3 is 2.64 bits per heavy atom. The summed E-state index contributed by atoms with van der Waals surface area (Å²) in [5.74, 6) is 1.13. The molecule has 3 rings (SSSR count). The molecule has 0 amide bonds. The normalized spacial score (nSPS) is 10.9. The number of hydrogen-bond acceptors (Lipinski definition) is 7. The summed E-state index contributed by atoms with van der Waals surface area (Å²) < 4.78 is 6.63. The third-order valence-corrected chi connectivity index (χ3v) is 4.41. The number of nitrogens with two attached hydrogens (primary N) is 1. The number of nitrogen functional groups attached to an aromatic ring is 1. The maximum Gasteiger partial charge on any atom is 0.330 e. The summed E-state index contributed by atoms with van der Waals surface area (Å²) in [6.45, 7) is 4.87. The first kappa shape index (κ1) is 19.4. The molecule has 9 heteroatoms. The van der Waals surface area contributed by atoms with Gasteiger partial charge in [-0.1, -0.05) is 42.4 Å². The number of hydrogen-bond donors (Lipinski definition) is 2. The first-order valence-electron chi connectivity index (χ1n) is 9.26. The second kappa shape index (κ2) is 8.55. The van der Waals surface area contributed by atoms with Gasteiger partial charge >= 0.3 is 5.69 Å². The number of benzene rings is 1. The van der Waals surface area contributed by atoms with Gasteiger partial charge in [-0.05, 0) is 18.9 Å². The van der Waals surface area contributed by atoms with E-state index >= 15 is 0 Å². The van der Waals surface area contributed by atoms with Crippen molar-refractivity contribution in [1.82, 2.24) is 19.7 Å². The molecular formula is C19H24N6O3. The Morgan fingerprint density at radius 1 is 1.21 bits per heavy atom. The van der Waals surface area contributed by atoms with Crippen LogP contribution in [0.4, 0.5) is 11.5 Å². The minimum atomic E-state index is -0.547. The van der Waals surface area contributed by atoms with Gasteiger partial charge in [0.15, 0.2) is 5.82 Å². The van der Waals surface area contributed by atoms with Crippen molar-refractivity contribution in [3.63, 3.8) is 0 Å². The Balaban J connectivity index is 1.95. The van der Waals surface area contributed by atoms with Crippen molar-refractivity contribution >= 4 is 11.5 Å². The SMILES string of the molecule is CCCc1noc(CN(CC)c2c(N)n(Cc3ccccc3)c(=O)[nH]c2=O)n1. The third kappa shape index (κ3) is 4.13. The molecule has 0 saturated heterocycles. The van der Waals surface area contributed by atoms with Crippen molar-refractivity contribution in [3.05, 3.63) is 68.4 Å². The van der Waals surface area contributed by atoms with E-state index in [-0.39, 0.29) is 24.6 Å². The van der Waals surface area contributed by atoms with Crippen LogP contribution in [-0.2, 0) is 19.5 Å². The molecular weight excluding hydrogens is 360 g/mol. The largest absolute Gasteiger partial charge is 0.383 e. The number of aromatic amines is 1. The van der Waals surface area contributed by atoms with E-state index < -0.39 is 11.2 Å². The molecule has 0 radical (unpaired) electrons. The van der Waals surface area contributed by atoms with Gasteiger partial charge in [0.1, 0.15) is 11.5 Å². The minimum absolute atomic E-state index is 0.104. The number of aromatic nitrogens is 4. The second-order valence-corrected chi connectivity index (χ2v) is 6.43. The van der Waals surface area contributed by atoms with Crippen LogP contribution in [0.2, 0.25) is 0 Å². The molecule has 0 atom stereocenters. The molecule has 0 aliphatic rings. The molecule has 0 spiro atoms. The van der Waals surface area contributed by atoms with Gasteiger partial charge < -0.3 is 15.2 Å². The molecule has 1 aromatic carbocycles. The Hall–Kier alpha value is -3.36. The van der Waals surface area contributed by atoms with E-state index in [4.69, 9.17) is 10.3 Å². The summed E-state index contributed by atoms with van der Waals surface area (Å²) in [6.07, 6.45) is 1.63. The summed E-state index contributed by atoms with van der Waals surface area (Å²) >= 11 is 0. The number of nitrogens with zero attached hydrogens (tertiary/aromatic N) is 4. The summed E-state index contributed by atoms with van der Waals surface area (Å²) in [6, 6.07) is 9.43. The number of H-pyrrole nitrogens is 1. The lowest BCUT2D eigenvalue weighted by molar-refractivity contribution is 0.371. The smallest absolute Gasteiger partial charge is 0.330 e. The van der Waals surface area contributed by atoms with E-state index in [9.17, 15) is 9.59 Å². The van der Waals surface area contributed by atoms with Gasteiger partial charge in [-0.3, -0.25) is 14.3 Å². The van der Waals surface area contributed by atoms with Gasteiger partial charge in [0.2, 0.25) is 5.89 Å². The second-order valence-electron chi connectivity index (χ2n) is 6.43. The Morgan fingerprint density at radius 2 is 1.96 bits per heavy atom. The number of aryl methyl sites for hydroxylation is 1. The highest BCUT2D eigenvalue weighted by Crippen LogP contribution is 2.19. The maximum absolute atomic E-state index is 12.5. The lowest BCUT2D eigenvalue weighted by atomic mass is 10.2. The molecule has 0 aliphatic carbocycles. The maximum atomic E-state index is 12.5. The lowest BCUT2D eigenvalue weighted by Gasteiger charge is -2.23. The van der Waals surface area contributed by atoms with Crippen LogP contribution in [0.5, 0.6) is 0 Å². The predicted molar refractivity (Wildman–Crippen MR) is 106 cm³/mol. The van der Waals surface area contributed by atoms with Crippen LogP contribution in [0, 0.1) is 0 Å². The third-order valence-electron chi connectivity index (χ3n) is 4.41. The predicted octanol–water partition coefficient (Wildman–Crippen LogP) is 1.53. The Bertz CT molecular complexity index is 1040. The highest BCUT2D eigenvalue weighted by Gasteiger charge is 2.20. The number of rotatable bonds is 8. The molecule has 3 N–H and O–H groups in total. The average Bonchev–Trinajstić information content (AvgIpc) is 3.12. The van der Waals surface area contributed by atoms with Crippen molar-refractivity contribution in [2.45, 2.75) is 39.8 Å². The molecule has 2 aromatic heterocycles. The summed E-state index contributed by atoms with van der Waals surface area (Å²) in [7, 11) is 0. The van der Waals surface area contributed by atoms with Crippen LogP contribution >= 0.6 is 0 Å². The van der Waals surface area contributed by atoms with E-state index in [2.05, 4.69) is 15.1 Å². The zero-order chi connectivity index (χ0) is 20.1. The van der Waals surface area contributed by atoms with Crippen molar-refractivity contribution < 1.29 is 4.52 Å². The Kier molecular flexibility index (Phi) is 5.93. The number of nitrogens with one attached hydrogen (secondary N) is 1. The van der Waals surface area contributed by atoms with Crippen LogP contribution in [-0.4, -0.2) is 26.2 Å². The molecule has 0 saturated carbocycles. The summed E-state index contributed by atoms with van der Waals surface area (Å²) in [5, 5.41) is 3.93. The van der Waals surface area contributed by atoms with Gasteiger partial charge in [0.25, 0.3) is 5.56 Å². The van der Waals surface area contributed by atoms with Crippen molar-refractivity contribution in [2.75, 3.05) is 17.2 Å². The lowest BCUT2D eigenvalue weighted by Crippen LogP contribution is -2.38. The molecule has 0 fully saturated rings. The summed E-state index contributed by atoms with van der Waals surface area (Å²) in [5.41, 5.74) is 6.28. The summed E-state index contributed by atoms with van der Waals surface area (Å²) in [4.78, 5) is 33.3. The van der Waals surface area contributed by atoms with Crippen LogP contribution in [0.3, 0.4) is 0 Å². The van der Waals surface area contributed by atoms with Crippen LogP contribution in [0.25, 0.3) is 0 Å². The first-order valence-corrected chi connectivity index (χ1v) is 9.26. The molecule has 0 bridgehead atoms. The fourth-order valence-corrected chi connectivity index (χ4v) is 3.00. The zero-order valence-electron chi connectivity index (χ0n) is 16.0. The van der Waals surface area contributed by atoms with Crippen LogP contribution in [0.15, 0.2) is 44.4 Å². The molecule has 148 valence electrons. The minimum Gasteiger partial charge on any atom is -0.383 e. The van der Waals surface area contributed by atoms with Crippen molar-refractivity contribution in [3.8, 4) is 0 Å².